The normalized spacial score (nSPS) is 18.0. The van der Waals surface area contributed by atoms with Crippen LogP contribution in [0, 0.1) is 0 Å². The molecular weight excluding hydrogens is 274 g/mol. The highest BCUT2D eigenvalue weighted by Crippen LogP contribution is 2.16. The number of benzene rings is 1. The van der Waals surface area contributed by atoms with Crippen molar-refractivity contribution in [3.63, 3.8) is 0 Å². The third kappa shape index (κ3) is 4.03. The molecule has 0 bridgehead atoms. The molecule has 1 aromatic carbocycles. The van der Waals surface area contributed by atoms with Crippen molar-refractivity contribution in [2.75, 3.05) is 33.4 Å². The highest BCUT2D eigenvalue weighted by molar-refractivity contribution is 5.96. The number of hydrogen-bond acceptors (Lipinski definition) is 4. The summed E-state index contributed by atoms with van der Waals surface area (Å²) in [6, 6.07) is 5.98. The van der Waals surface area contributed by atoms with Gasteiger partial charge in [0.05, 0.1) is 24.9 Å². The fraction of sp³-hybridized carbons (Fsp3) is 0.467. The number of nitrogens with zero attached hydrogens (tertiary/aromatic N) is 1. The number of aromatic carboxylic acids is 1. The molecule has 0 radical (unpaired) electrons. The van der Waals surface area contributed by atoms with Crippen molar-refractivity contribution in [2.24, 2.45) is 0 Å². The molecular formula is C15H19NO5. The molecule has 0 aliphatic carbocycles. The van der Waals surface area contributed by atoms with Gasteiger partial charge in [-0.3, -0.25) is 4.79 Å². The van der Waals surface area contributed by atoms with Crippen LogP contribution in [0.3, 0.4) is 0 Å². The Labute approximate surface area is 123 Å². The zero-order chi connectivity index (χ0) is 15.2. The first kappa shape index (κ1) is 15.5. The molecule has 0 aromatic heterocycles. The van der Waals surface area contributed by atoms with Crippen molar-refractivity contribution >= 4 is 11.9 Å². The number of carboxylic acids is 1. The monoisotopic (exact) mass is 293 g/mol. The number of amides is 1. The van der Waals surface area contributed by atoms with Crippen molar-refractivity contribution in [3.05, 3.63) is 35.4 Å². The van der Waals surface area contributed by atoms with Crippen molar-refractivity contribution in [3.8, 4) is 0 Å². The summed E-state index contributed by atoms with van der Waals surface area (Å²) >= 11 is 0. The molecule has 1 aliphatic rings. The Bertz CT molecular complexity index is 499. The molecule has 1 amide bonds. The van der Waals surface area contributed by atoms with E-state index in [4.69, 9.17) is 14.6 Å². The summed E-state index contributed by atoms with van der Waals surface area (Å²) in [4.78, 5) is 24.8. The molecule has 0 saturated carbocycles. The summed E-state index contributed by atoms with van der Waals surface area (Å²) in [7, 11) is 1.62. The van der Waals surface area contributed by atoms with E-state index in [1.54, 1.807) is 24.1 Å². The summed E-state index contributed by atoms with van der Waals surface area (Å²) in [5.74, 6) is -1.09. The van der Waals surface area contributed by atoms with Crippen molar-refractivity contribution < 1.29 is 24.2 Å². The maximum absolute atomic E-state index is 12.3. The molecule has 114 valence electrons. The zero-order valence-electron chi connectivity index (χ0n) is 11.9. The predicted molar refractivity (Wildman–Crippen MR) is 75.5 cm³/mol. The van der Waals surface area contributed by atoms with Gasteiger partial charge in [-0.1, -0.05) is 0 Å². The van der Waals surface area contributed by atoms with Crippen LogP contribution < -0.4 is 0 Å². The van der Waals surface area contributed by atoms with E-state index in [0.717, 1.165) is 6.42 Å². The molecule has 6 nitrogen and oxygen atoms in total. The standard InChI is InChI=1S/C15H19NO5/c1-20-8-9-21-13-6-7-16(10-13)14(17)11-2-4-12(5-3-11)15(18)19/h2-5,13H,6-10H2,1H3,(H,18,19). The quantitative estimate of drug-likeness (QED) is 0.799. The van der Waals surface area contributed by atoms with Crippen molar-refractivity contribution in [1.29, 1.82) is 0 Å². The molecule has 6 heteroatoms. The van der Waals surface area contributed by atoms with Gasteiger partial charge in [0.25, 0.3) is 5.91 Å². The maximum atomic E-state index is 12.3. The van der Waals surface area contributed by atoms with E-state index in [1.165, 1.54) is 12.1 Å². The number of rotatable bonds is 6. The fourth-order valence-electron chi connectivity index (χ4n) is 2.28. The van der Waals surface area contributed by atoms with E-state index in [0.29, 0.717) is 31.9 Å². The number of ether oxygens (including phenoxy) is 2. The van der Waals surface area contributed by atoms with Crippen molar-refractivity contribution in [2.45, 2.75) is 12.5 Å². The summed E-state index contributed by atoms with van der Waals surface area (Å²) in [5.41, 5.74) is 0.672. The summed E-state index contributed by atoms with van der Waals surface area (Å²) < 4.78 is 10.5. The molecule has 2 rings (SSSR count). The van der Waals surface area contributed by atoms with E-state index >= 15 is 0 Å². The van der Waals surface area contributed by atoms with Crippen LogP contribution in [-0.4, -0.2) is 61.4 Å². The van der Waals surface area contributed by atoms with Crippen LogP contribution in [0.5, 0.6) is 0 Å². The van der Waals surface area contributed by atoms with Gasteiger partial charge in [0.1, 0.15) is 0 Å². The highest BCUT2D eigenvalue weighted by Gasteiger charge is 2.27. The average molecular weight is 293 g/mol. The summed E-state index contributed by atoms with van der Waals surface area (Å²) in [6.45, 7) is 2.28. The molecule has 1 N–H and O–H groups in total. The van der Waals surface area contributed by atoms with E-state index in [2.05, 4.69) is 0 Å². The van der Waals surface area contributed by atoms with Crippen LogP contribution in [0.4, 0.5) is 0 Å². The van der Waals surface area contributed by atoms with Crippen LogP contribution in [0.25, 0.3) is 0 Å². The SMILES string of the molecule is COCCOC1CCN(C(=O)c2ccc(C(=O)O)cc2)C1. The van der Waals surface area contributed by atoms with Gasteiger partial charge in [-0.25, -0.2) is 4.79 Å². The lowest BCUT2D eigenvalue weighted by Crippen LogP contribution is -2.30. The maximum Gasteiger partial charge on any atom is 0.335 e. The molecule has 1 unspecified atom stereocenters. The van der Waals surface area contributed by atoms with Gasteiger partial charge in [-0.05, 0) is 30.7 Å². The molecule has 1 aliphatic heterocycles. The molecule has 1 heterocycles. The lowest BCUT2D eigenvalue weighted by molar-refractivity contribution is 0.0218. The number of methoxy groups -OCH3 is 1. The van der Waals surface area contributed by atoms with Gasteiger partial charge < -0.3 is 19.5 Å². The zero-order valence-corrected chi connectivity index (χ0v) is 11.9. The smallest absolute Gasteiger partial charge is 0.335 e. The van der Waals surface area contributed by atoms with Crippen LogP contribution in [0.1, 0.15) is 27.1 Å². The van der Waals surface area contributed by atoms with E-state index in [-0.39, 0.29) is 17.6 Å². The highest BCUT2D eigenvalue weighted by atomic mass is 16.5. The van der Waals surface area contributed by atoms with Gasteiger partial charge in [-0.15, -0.1) is 0 Å². The molecule has 1 atom stereocenters. The van der Waals surface area contributed by atoms with Gasteiger partial charge >= 0.3 is 5.97 Å². The number of carbonyl (C=O) groups excluding carboxylic acids is 1. The Morgan fingerprint density at radius 1 is 1.24 bits per heavy atom. The molecule has 21 heavy (non-hydrogen) atoms. The Morgan fingerprint density at radius 3 is 2.52 bits per heavy atom. The second kappa shape index (κ2) is 7.19. The van der Waals surface area contributed by atoms with E-state index in [1.807, 2.05) is 0 Å². The second-order valence-electron chi connectivity index (χ2n) is 4.91. The Balaban J connectivity index is 1.90. The molecule has 1 aromatic rings. The van der Waals surface area contributed by atoms with E-state index < -0.39 is 5.97 Å². The van der Waals surface area contributed by atoms with Crippen LogP contribution in [-0.2, 0) is 9.47 Å². The topological polar surface area (TPSA) is 76.1 Å². The van der Waals surface area contributed by atoms with Crippen molar-refractivity contribution in [1.82, 2.24) is 4.90 Å². The van der Waals surface area contributed by atoms with E-state index in [9.17, 15) is 9.59 Å². The van der Waals surface area contributed by atoms with Gasteiger partial charge in [-0.2, -0.15) is 0 Å². The first-order chi connectivity index (χ1) is 10.1. The first-order valence-corrected chi connectivity index (χ1v) is 6.85. The molecule has 1 fully saturated rings. The lowest BCUT2D eigenvalue weighted by atomic mass is 10.1. The Morgan fingerprint density at radius 2 is 1.90 bits per heavy atom. The lowest BCUT2D eigenvalue weighted by Gasteiger charge is -2.17. The number of carboxylic acid groups (broad SMARTS) is 1. The third-order valence-corrected chi connectivity index (χ3v) is 3.45. The minimum absolute atomic E-state index is 0.0439. The van der Waals surface area contributed by atoms with Gasteiger partial charge in [0, 0.05) is 25.8 Å². The fourth-order valence-corrected chi connectivity index (χ4v) is 2.28. The summed E-state index contributed by atoms with van der Waals surface area (Å²) in [5, 5.41) is 8.84. The number of hydrogen-bond donors (Lipinski definition) is 1. The summed E-state index contributed by atoms with van der Waals surface area (Å²) in [6.07, 6.45) is 0.852. The molecule has 0 spiro atoms. The van der Waals surface area contributed by atoms with Crippen LogP contribution in [0.15, 0.2) is 24.3 Å². The van der Waals surface area contributed by atoms with Crippen LogP contribution >= 0.6 is 0 Å². The third-order valence-electron chi connectivity index (χ3n) is 3.45. The predicted octanol–water partition coefficient (Wildman–Crippen LogP) is 1.26. The number of carbonyl (C=O) groups is 2. The van der Waals surface area contributed by atoms with Gasteiger partial charge in [0.15, 0.2) is 0 Å². The average Bonchev–Trinajstić information content (AvgIpc) is 2.96. The molecule has 1 saturated heterocycles. The Kier molecular flexibility index (Phi) is 5.30. The second-order valence-corrected chi connectivity index (χ2v) is 4.91. The Hall–Kier alpha value is -1.92. The minimum atomic E-state index is -0.998. The largest absolute Gasteiger partial charge is 0.478 e. The van der Waals surface area contributed by atoms with Gasteiger partial charge in [0.2, 0.25) is 0 Å². The minimum Gasteiger partial charge on any atom is -0.478 e. The van der Waals surface area contributed by atoms with Crippen LogP contribution in [0.2, 0.25) is 0 Å². The number of likely N-dealkylation sites (tertiary alicyclic amines) is 1. The first-order valence-electron chi connectivity index (χ1n) is 6.85.